The van der Waals surface area contributed by atoms with E-state index in [9.17, 15) is 9.59 Å². The topological polar surface area (TPSA) is 75.4 Å². The number of nitrogens with two attached hydrogens (primary N) is 1. The maximum Gasteiger partial charge on any atom is 0.250 e. The van der Waals surface area contributed by atoms with Gasteiger partial charge in [-0.1, -0.05) is 30.3 Å². The minimum Gasteiger partial charge on any atom is -0.375 e. The summed E-state index contributed by atoms with van der Waals surface area (Å²) in [5.74, 6) is -0.528. The number of carbonyl (C=O) groups is 2. The number of para-hydroxylation sites is 2. The van der Waals surface area contributed by atoms with Gasteiger partial charge in [0.05, 0.1) is 12.1 Å². The molecule has 0 saturated carbocycles. The number of anilines is 2. The summed E-state index contributed by atoms with van der Waals surface area (Å²) in [7, 11) is 0. The zero-order chi connectivity index (χ0) is 16.2. The highest BCUT2D eigenvalue weighted by atomic mass is 16.2. The molecule has 3 rings (SSSR count). The SMILES string of the molecule is NC(=O)c1ccccc1NCC(=O)N1CCCc2ccccc21. The first kappa shape index (κ1) is 15.1. The molecule has 5 heteroatoms. The second kappa shape index (κ2) is 6.52. The Morgan fingerprint density at radius 1 is 1.09 bits per heavy atom. The smallest absolute Gasteiger partial charge is 0.250 e. The Bertz CT molecular complexity index is 743. The van der Waals surface area contributed by atoms with Crippen LogP contribution in [-0.4, -0.2) is 24.9 Å². The molecule has 0 fully saturated rings. The average molecular weight is 309 g/mol. The van der Waals surface area contributed by atoms with Crippen LogP contribution in [0.3, 0.4) is 0 Å². The van der Waals surface area contributed by atoms with E-state index in [1.54, 1.807) is 29.2 Å². The molecule has 0 aromatic heterocycles. The van der Waals surface area contributed by atoms with Gasteiger partial charge in [-0.3, -0.25) is 9.59 Å². The molecule has 0 aliphatic carbocycles. The van der Waals surface area contributed by atoms with Crippen molar-refractivity contribution in [3.05, 3.63) is 59.7 Å². The van der Waals surface area contributed by atoms with Crippen molar-refractivity contribution in [1.29, 1.82) is 0 Å². The predicted octanol–water partition coefficient (Wildman–Crippen LogP) is 2.18. The van der Waals surface area contributed by atoms with Crippen LogP contribution in [0.2, 0.25) is 0 Å². The van der Waals surface area contributed by atoms with E-state index in [-0.39, 0.29) is 12.5 Å². The van der Waals surface area contributed by atoms with Crippen molar-refractivity contribution in [1.82, 2.24) is 0 Å². The Hall–Kier alpha value is -2.82. The Labute approximate surface area is 135 Å². The van der Waals surface area contributed by atoms with Crippen LogP contribution < -0.4 is 16.0 Å². The fourth-order valence-electron chi connectivity index (χ4n) is 2.91. The fraction of sp³-hybridized carbons (Fsp3) is 0.222. The first-order valence-corrected chi connectivity index (χ1v) is 7.68. The van der Waals surface area contributed by atoms with E-state index in [1.165, 1.54) is 5.56 Å². The molecule has 118 valence electrons. The van der Waals surface area contributed by atoms with Crippen molar-refractivity contribution in [2.75, 3.05) is 23.3 Å². The lowest BCUT2D eigenvalue weighted by atomic mass is 10.0. The molecule has 0 spiro atoms. The molecule has 0 atom stereocenters. The Kier molecular flexibility index (Phi) is 4.28. The maximum absolute atomic E-state index is 12.6. The van der Waals surface area contributed by atoms with Crippen LogP contribution in [-0.2, 0) is 11.2 Å². The largest absolute Gasteiger partial charge is 0.375 e. The number of rotatable bonds is 4. The molecule has 2 aromatic rings. The van der Waals surface area contributed by atoms with Crippen molar-refractivity contribution in [3.63, 3.8) is 0 Å². The number of carbonyl (C=O) groups excluding carboxylic acids is 2. The minimum atomic E-state index is -0.510. The number of benzene rings is 2. The first-order valence-electron chi connectivity index (χ1n) is 7.68. The van der Waals surface area contributed by atoms with Gasteiger partial charge in [0.25, 0.3) is 5.91 Å². The van der Waals surface area contributed by atoms with Gasteiger partial charge < -0.3 is 16.0 Å². The van der Waals surface area contributed by atoms with Crippen molar-refractivity contribution in [2.45, 2.75) is 12.8 Å². The lowest BCUT2D eigenvalue weighted by Crippen LogP contribution is -2.39. The molecule has 2 aromatic carbocycles. The van der Waals surface area contributed by atoms with Gasteiger partial charge in [0.1, 0.15) is 0 Å². The van der Waals surface area contributed by atoms with E-state index >= 15 is 0 Å². The van der Waals surface area contributed by atoms with Gasteiger partial charge in [0.15, 0.2) is 0 Å². The third-order valence-corrected chi connectivity index (χ3v) is 4.03. The lowest BCUT2D eigenvalue weighted by Gasteiger charge is -2.29. The zero-order valence-electron chi connectivity index (χ0n) is 12.8. The van der Waals surface area contributed by atoms with Crippen molar-refractivity contribution in [3.8, 4) is 0 Å². The van der Waals surface area contributed by atoms with E-state index in [2.05, 4.69) is 11.4 Å². The summed E-state index contributed by atoms with van der Waals surface area (Å²) < 4.78 is 0. The van der Waals surface area contributed by atoms with Gasteiger partial charge in [0, 0.05) is 17.9 Å². The number of nitrogens with one attached hydrogen (secondary N) is 1. The fourth-order valence-corrected chi connectivity index (χ4v) is 2.91. The number of primary amides is 1. The zero-order valence-corrected chi connectivity index (χ0v) is 12.8. The predicted molar refractivity (Wildman–Crippen MR) is 90.6 cm³/mol. The lowest BCUT2D eigenvalue weighted by molar-refractivity contribution is -0.117. The molecule has 1 aliphatic rings. The van der Waals surface area contributed by atoms with E-state index in [0.717, 1.165) is 25.1 Å². The van der Waals surface area contributed by atoms with Crippen LogP contribution in [0, 0.1) is 0 Å². The van der Waals surface area contributed by atoms with Gasteiger partial charge in [-0.25, -0.2) is 0 Å². The Morgan fingerprint density at radius 3 is 2.65 bits per heavy atom. The molecule has 1 heterocycles. The minimum absolute atomic E-state index is 0.0172. The number of nitrogens with zero attached hydrogens (tertiary/aromatic N) is 1. The Balaban J connectivity index is 1.73. The van der Waals surface area contributed by atoms with E-state index in [4.69, 9.17) is 5.73 Å². The van der Waals surface area contributed by atoms with Gasteiger partial charge in [-0.15, -0.1) is 0 Å². The molecule has 0 bridgehead atoms. The number of hydrogen-bond donors (Lipinski definition) is 2. The molecule has 0 radical (unpaired) electrons. The van der Waals surface area contributed by atoms with E-state index < -0.39 is 5.91 Å². The third kappa shape index (κ3) is 3.18. The monoisotopic (exact) mass is 309 g/mol. The van der Waals surface area contributed by atoms with E-state index in [1.807, 2.05) is 18.2 Å². The molecular formula is C18H19N3O2. The molecular weight excluding hydrogens is 290 g/mol. The summed E-state index contributed by atoms with van der Waals surface area (Å²) in [6.45, 7) is 0.841. The summed E-state index contributed by atoms with van der Waals surface area (Å²) in [6.07, 6.45) is 1.96. The second-order valence-corrected chi connectivity index (χ2v) is 5.54. The molecule has 0 saturated heterocycles. The normalized spacial score (nSPS) is 13.3. The molecule has 23 heavy (non-hydrogen) atoms. The van der Waals surface area contributed by atoms with Gasteiger partial charge in [-0.2, -0.15) is 0 Å². The summed E-state index contributed by atoms with van der Waals surface area (Å²) in [4.78, 5) is 25.8. The number of aryl methyl sites for hydroxylation is 1. The third-order valence-electron chi connectivity index (χ3n) is 4.03. The number of fused-ring (bicyclic) bond motifs is 1. The highest BCUT2D eigenvalue weighted by Gasteiger charge is 2.22. The molecule has 2 amide bonds. The van der Waals surface area contributed by atoms with Crippen molar-refractivity contribution >= 4 is 23.2 Å². The standard InChI is InChI=1S/C18H19N3O2/c19-18(23)14-8-2-3-9-15(14)20-12-17(22)21-11-5-7-13-6-1-4-10-16(13)21/h1-4,6,8-10,20H,5,7,11-12H2,(H2,19,23). The van der Waals surface area contributed by atoms with Crippen LogP contribution >= 0.6 is 0 Å². The number of amides is 2. The highest BCUT2D eigenvalue weighted by Crippen LogP contribution is 2.26. The van der Waals surface area contributed by atoms with Crippen LogP contribution in [0.15, 0.2) is 48.5 Å². The van der Waals surface area contributed by atoms with Crippen LogP contribution in [0.25, 0.3) is 0 Å². The maximum atomic E-state index is 12.6. The van der Waals surface area contributed by atoms with Gasteiger partial charge >= 0.3 is 0 Å². The quantitative estimate of drug-likeness (QED) is 0.909. The summed E-state index contributed by atoms with van der Waals surface area (Å²) in [5, 5.41) is 3.03. The van der Waals surface area contributed by atoms with Gasteiger partial charge in [-0.05, 0) is 36.6 Å². The summed E-state index contributed by atoms with van der Waals surface area (Å²) in [6, 6.07) is 14.9. The van der Waals surface area contributed by atoms with Crippen molar-refractivity contribution < 1.29 is 9.59 Å². The first-order chi connectivity index (χ1) is 11.2. The molecule has 5 nitrogen and oxygen atoms in total. The van der Waals surface area contributed by atoms with Crippen LogP contribution in [0.4, 0.5) is 11.4 Å². The Morgan fingerprint density at radius 2 is 1.83 bits per heavy atom. The number of hydrogen-bond acceptors (Lipinski definition) is 3. The second-order valence-electron chi connectivity index (χ2n) is 5.54. The summed E-state index contributed by atoms with van der Waals surface area (Å²) in [5.41, 5.74) is 8.50. The van der Waals surface area contributed by atoms with E-state index in [0.29, 0.717) is 11.3 Å². The highest BCUT2D eigenvalue weighted by molar-refractivity contribution is 6.00. The summed E-state index contributed by atoms with van der Waals surface area (Å²) >= 11 is 0. The van der Waals surface area contributed by atoms with Crippen molar-refractivity contribution in [2.24, 2.45) is 5.73 Å². The van der Waals surface area contributed by atoms with Crippen LogP contribution in [0.5, 0.6) is 0 Å². The average Bonchev–Trinajstić information content (AvgIpc) is 2.59. The molecule has 3 N–H and O–H groups in total. The van der Waals surface area contributed by atoms with Gasteiger partial charge in [0.2, 0.25) is 5.91 Å². The van der Waals surface area contributed by atoms with Crippen LogP contribution in [0.1, 0.15) is 22.3 Å². The molecule has 0 unspecified atom stereocenters. The molecule has 1 aliphatic heterocycles.